The van der Waals surface area contributed by atoms with Gasteiger partial charge in [0.05, 0.1) is 0 Å². The van der Waals surface area contributed by atoms with Crippen LogP contribution in [0, 0.1) is 5.92 Å². The van der Waals surface area contributed by atoms with Crippen LogP contribution in [0.25, 0.3) is 0 Å². The second-order valence-corrected chi connectivity index (χ2v) is 3.66. The third-order valence-electron chi connectivity index (χ3n) is 1.69. The largest absolute Gasteiger partial charge is 0.309 e. The average Bonchev–Trinajstić information content (AvgIpc) is 1.85. The van der Waals surface area contributed by atoms with Gasteiger partial charge in [0, 0.05) is 0 Å². The van der Waals surface area contributed by atoms with Crippen LogP contribution in [-0.4, -0.2) is 31.3 Å². The van der Waals surface area contributed by atoms with Crippen LogP contribution in [0.4, 0.5) is 0 Å². The third-order valence-corrected chi connectivity index (χ3v) is 1.95. The molecular formula is C8H19NS. The van der Waals surface area contributed by atoms with Gasteiger partial charge in [-0.15, -0.1) is 0 Å². The van der Waals surface area contributed by atoms with Crippen molar-refractivity contribution in [1.29, 1.82) is 0 Å². The smallest absolute Gasteiger partial charge is 0.00223 e. The van der Waals surface area contributed by atoms with E-state index in [1.54, 1.807) is 0 Å². The molecule has 1 unspecified atom stereocenters. The van der Waals surface area contributed by atoms with Crippen LogP contribution >= 0.6 is 12.6 Å². The van der Waals surface area contributed by atoms with E-state index in [1.165, 1.54) is 19.4 Å². The summed E-state index contributed by atoms with van der Waals surface area (Å²) in [6.45, 7) is 3.49. The number of rotatable bonds is 5. The highest BCUT2D eigenvalue weighted by molar-refractivity contribution is 7.80. The van der Waals surface area contributed by atoms with Crippen LogP contribution in [0.3, 0.4) is 0 Å². The minimum atomic E-state index is 0.833. The Morgan fingerprint density at radius 1 is 1.30 bits per heavy atom. The molecule has 0 aromatic rings. The minimum Gasteiger partial charge on any atom is -0.309 e. The summed E-state index contributed by atoms with van der Waals surface area (Å²) in [6.07, 6.45) is 2.55. The van der Waals surface area contributed by atoms with Crippen molar-refractivity contribution in [3.05, 3.63) is 0 Å². The summed E-state index contributed by atoms with van der Waals surface area (Å²) >= 11 is 4.19. The molecule has 0 amide bonds. The topological polar surface area (TPSA) is 3.24 Å². The summed E-state index contributed by atoms with van der Waals surface area (Å²) in [7, 11) is 4.24. The van der Waals surface area contributed by atoms with E-state index in [0.717, 1.165) is 11.7 Å². The van der Waals surface area contributed by atoms with Crippen molar-refractivity contribution in [2.45, 2.75) is 19.8 Å². The van der Waals surface area contributed by atoms with Gasteiger partial charge in [-0.3, -0.25) is 0 Å². The summed E-state index contributed by atoms with van der Waals surface area (Å²) in [5, 5.41) is 0. The first kappa shape index (κ1) is 10.3. The molecule has 0 saturated heterocycles. The van der Waals surface area contributed by atoms with Gasteiger partial charge in [0.1, 0.15) is 0 Å². The molecule has 10 heavy (non-hydrogen) atoms. The zero-order valence-electron chi connectivity index (χ0n) is 7.30. The van der Waals surface area contributed by atoms with Gasteiger partial charge in [0.25, 0.3) is 0 Å². The Balaban J connectivity index is 3.12. The van der Waals surface area contributed by atoms with Gasteiger partial charge in [-0.25, -0.2) is 0 Å². The predicted octanol–water partition coefficient (Wildman–Crippen LogP) is 1.89. The van der Waals surface area contributed by atoms with Gasteiger partial charge in [-0.2, -0.15) is 12.6 Å². The summed E-state index contributed by atoms with van der Waals surface area (Å²) < 4.78 is 0. The van der Waals surface area contributed by atoms with Crippen LogP contribution in [0.2, 0.25) is 0 Å². The zero-order valence-corrected chi connectivity index (χ0v) is 8.19. The molecule has 0 aliphatic carbocycles. The highest BCUT2D eigenvalue weighted by atomic mass is 32.1. The lowest BCUT2D eigenvalue weighted by Gasteiger charge is -2.13. The fourth-order valence-electron chi connectivity index (χ4n) is 0.843. The molecule has 1 atom stereocenters. The highest BCUT2D eigenvalue weighted by Crippen LogP contribution is 2.07. The van der Waals surface area contributed by atoms with Crippen LogP contribution in [0.1, 0.15) is 19.8 Å². The van der Waals surface area contributed by atoms with Crippen LogP contribution < -0.4 is 0 Å². The van der Waals surface area contributed by atoms with Crippen molar-refractivity contribution in [3.63, 3.8) is 0 Å². The Morgan fingerprint density at radius 2 is 1.90 bits per heavy atom. The number of nitrogens with zero attached hydrogens (tertiary/aromatic N) is 1. The maximum absolute atomic E-state index is 4.19. The Bertz CT molecular complexity index is 73.7. The third kappa shape index (κ3) is 6.43. The lowest BCUT2D eigenvalue weighted by molar-refractivity contribution is 0.357. The van der Waals surface area contributed by atoms with E-state index < -0.39 is 0 Å². The Labute approximate surface area is 70.2 Å². The van der Waals surface area contributed by atoms with Crippen molar-refractivity contribution in [2.75, 3.05) is 26.4 Å². The molecule has 2 heteroatoms. The molecule has 62 valence electrons. The van der Waals surface area contributed by atoms with Crippen molar-refractivity contribution in [1.82, 2.24) is 4.90 Å². The van der Waals surface area contributed by atoms with E-state index in [0.29, 0.717) is 0 Å². The van der Waals surface area contributed by atoms with E-state index >= 15 is 0 Å². The molecule has 0 heterocycles. The van der Waals surface area contributed by atoms with Crippen molar-refractivity contribution >= 4 is 12.6 Å². The monoisotopic (exact) mass is 161 g/mol. The molecule has 0 aromatic carbocycles. The predicted molar refractivity (Wildman–Crippen MR) is 50.8 cm³/mol. The molecule has 0 rings (SSSR count). The summed E-state index contributed by atoms with van der Waals surface area (Å²) in [6, 6.07) is 0. The quantitative estimate of drug-likeness (QED) is 0.603. The van der Waals surface area contributed by atoms with Gasteiger partial charge >= 0.3 is 0 Å². The summed E-state index contributed by atoms with van der Waals surface area (Å²) in [5.74, 6) is 1.86. The number of hydrogen-bond donors (Lipinski definition) is 1. The van der Waals surface area contributed by atoms with Crippen molar-refractivity contribution < 1.29 is 0 Å². The molecule has 0 saturated carbocycles. The second-order valence-electron chi connectivity index (χ2n) is 3.21. The summed E-state index contributed by atoms with van der Waals surface area (Å²) in [5.41, 5.74) is 0. The molecule has 0 aromatic heterocycles. The lowest BCUT2D eigenvalue weighted by Crippen LogP contribution is -2.15. The molecule has 0 aliphatic rings. The number of thiol groups is 1. The molecule has 1 nitrogen and oxygen atoms in total. The standard InChI is InChI=1S/C8H19NS/c1-8(5-7-10)4-6-9(2)3/h8,10H,4-7H2,1-3H3. The molecule has 0 spiro atoms. The van der Waals surface area contributed by atoms with Gasteiger partial charge in [-0.1, -0.05) is 6.92 Å². The number of hydrogen-bond acceptors (Lipinski definition) is 2. The first-order chi connectivity index (χ1) is 4.66. The first-order valence-corrected chi connectivity index (χ1v) is 4.55. The maximum atomic E-state index is 4.19. The van der Waals surface area contributed by atoms with Gasteiger partial charge < -0.3 is 4.90 Å². The fraction of sp³-hybridized carbons (Fsp3) is 1.00. The van der Waals surface area contributed by atoms with Gasteiger partial charge in [-0.05, 0) is 45.2 Å². The average molecular weight is 161 g/mol. The van der Waals surface area contributed by atoms with Crippen LogP contribution in [-0.2, 0) is 0 Å². The van der Waals surface area contributed by atoms with E-state index in [-0.39, 0.29) is 0 Å². The van der Waals surface area contributed by atoms with E-state index in [9.17, 15) is 0 Å². The van der Waals surface area contributed by atoms with E-state index in [1.807, 2.05) is 0 Å². The molecule has 0 radical (unpaired) electrons. The Kier molecular flexibility index (Phi) is 6.24. The highest BCUT2D eigenvalue weighted by Gasteiger charge is 2.00. The van der Waals surface area contributed by atoms with Crippen LogP contribution in [0.15, 0.2) is 0 Å². The lowest BCUT2D eigenvalue weighted by atomic mass is 10.1. The van der Waals surface area contributed by atoms with Gasteiger partial charge in [0.15, 0.2) is 0 Å². The normalized spacial score (nSPS) is 14.1. The van der Waals surface area contributed by atoms with Crippen LogP contribution in [0.5, 0.6) is 0 Å². The second kappa shape index (κ2) is 6.05. The summed E-state index contributed by atoms with van der Waals surface area (Å²) in [4.78, 5) is 2.23. The SMILES string of the molecule is CC(CCS)CCN(C)C. The van der Waals surface area contributed by atoms with E-state index in [2.05, 4.69) is 38.5 Å². The van der Waals surface area contributed by atoms with Crippen molar-refractivity contribution in [2.24, 2.45) is 5.92 Å². The fourth-order valence-corrected chi connectivity index (χ4v) is 1.28. The van der Waals surface area contributed by atoms with E-state index in [4.69, 9.17) is 0 Å². The zero-order chi connectivity index (χ0) is 7.98. The Hall–Kier alpha value is 0.310. The molecule has 0 bridgehead atoms. The molecular weight excluding hydrogens is 142 g/mol. The maximum Gasteiger partial charge on any atom is -0.00223 e. The minimum absolute atomic E-state index is 0.833. The molecule has 0 fully saturated rings. The first-order valence-electron chi connectivity index (χ1n) is 3.92. The molecule has 0 N–H and O–H groups in total. The van der Waals surface area contributed by atoms with Gasteiger partial charge in [0.2, 0.25) is 0 Å². The Morgan fingerprint density at radius 3 is 2.30 bits per heavy atom. The molecule has 0 aliphatic heterocycles. The van der Waals surface area contributed by atoms with Crippen molar-refractivity contribution in [3.8, 4) is 0 Å².